The molecule has 2 heteroatoms. The zero-order valence-corrected chi connectivity index (χ0v) is 12.5. The van der Waals surface area contributed by atoms with Crippen molar-refractivity contribution >= 4 is 0 Å². The molecule has 18 heavy (non-hydrogen) atoms. The zero-order chi connectivity index (χ0) is 13.0. The summed E-state index contributed by atoms with van der Waals surface area (Å²) in [5.41, 5.74) is 0.163. The minimum atomic E-state index is 0.163. The topological polar surface area (TPSA) is 21.3 Å². The van der Waals surface area contributed by atoms with Crippen LogP contribution in [0.3, 0.4) is 0 Å². The Balaban J connectivity index is 1.85. The Kier molecular flexibility index (Phi) is 5.08. The minimum absolute atomic E-state index is 0.163. The molecule has 106 valence electrons. The van der Waals surface area contributed by atoms with E-state index in [9.17, 15) is 0 Å². The minimum Gasteiger partial charge on any atom is -0.375 e. The van der Waals surface area contributed by atoms with Gasteiger partial charge in [0.05, 0.1) is 5.60 Å². The van der Waals surface area contributed by atoms with Crippen LogP contribution in [0.25, 0.3) is 0 Å². The zero-order valence-electron chi connectivity index (χ0n) is 12.5. The molecule has 3 unspecified atom stereocenters. The Morgan fingerprint density at radius 1 is 1.11 bits per heavy atom. The van der Waals surface area contributed by atoms with Crippen molar-refractivity contribution in [2.45, 2.75) is 89.8 Å². The number of nitrogens with one attached hydrogen (secondary N) is 1. The molecule has 1 heterocycles. The molecule has 1 saturated carbocycles. The summed E-state index contributed by atoms with van der Waals surface area (Å²) in [5.74, 6) is 0.915. The first-order chi connectivity index (χ1) is 8.67. The lowest BCUT2D eigenvalue weighted by Gasteiger charge is -2.42. The first-order valence-electron chi connectivity index (χ1n) is 8.07. The molecular formula is C16H31NO. The predicted octanol–water partition coefficient (Wildman–Crippen LogP) is 3.89. The van der Waals surface area contributed by atoms with Crippen LogP contribution in [0, 0.1) is 5.92 Å². The van der Waals surface area contributed by atoms with Crippen molar-refractivity contribution < 1.29 is 4.74 Å². The van der Waals surface area contributed by atoms with Crippen LogP contribution in [0.5, 0.6) is 0 Å². The number of hydrogen-bond acceptors (Lipinski definition) is 2. The Labute approximate surface area is 113 Å². The van der Waals surface area contributed by atoms with Crippen molar-refractivity contribution in [3.05, 3.63) is 0 Å². The van der Waals surface area contributed by atoms with Crippen molar-refractivity contribution in [3.63, 3.8) is 0 Å². The predicted molar refractivity (Wildman–Crippen MR) is 76.8 cm³/mol. The van der Waals surface area contributed by atoms with Crippen molar-refractivity contribution in [1.29, 1.82) is 0 Å². The molecule has 1 saturated heterocycles. The van der Waals surface area contributed by atoms with Crippen LogP contribution in [-0.4, -0.2) is 24.3 Å². The van der Waals surface area contributed by atoms with Gasteiger partial charge in [-0.15, -0.1) is 0 Å². The summed E-state index contributed by atoms with van der Waals surface area (Å²) < 4.78 is 6.06. The smallest absolute Gasteiger partial charge is 0.0692 e. The van der Waals surface area contributed by atoms with E-state index in [4.69, 9.17) is 4.74 Å². The maximum absolute atomic E-state index is 6.06. The first kappa shape index (κ1) is 14.3. The van der Waals surface area contributed by atoms with Crippen molar-refractivity contribution in [1.82, 2.24) is 5.32 Å². The molecule has 2 aliphatic rings. The molecule has 1 aliphatic heterocycles. The summed E-state index contributed by atoms with van der Waals surface area (Å²) >= 11 is 0. The maximum atomic E-state index is 6.06. The van der Waals surface area contributed by atoms with Crippen molar-refractivity contribution in [3.8, 4) is 0 Å². The van der Waals surface area contributed by atoms with Crippen LogP contribution in [0.1, 0.15) is 72.1 Å². The van der Waals surface area contributed by atoms with E-state index >= 15 is 0 Å². The lowest BCUT2D eigenvalue weighted by molar-refractivity contribution is -0.0945. The van der Waals surface area contributed by atoms with E-state index in [2.05, 4.69) is 26.1 Å². The molecule has 2 fully saturated rings. The first-order valence-corrected chi connectivity index (χ1v) is 8.07. The highest BCUT2D eigenvalue weighted by Crippen LogP contribution is 2.32. The van der Waals surface area contributed by atoms with Gasteiger partial charge in [-0.1, -0.05) is 33.6 Å². The molecule has 0 aromatic heterocycles. The van der Waals surface area contributed by atoms with E-state index < -0.39 is 0 Å². The molecule has 1 aliphatic carbocycles. The summed E-state index contributed by atoms with van der Waals surface area (Å²) in [6.45, 7) is 7.89. The molecule has 2 nitrogen and oxygen atoms in total. The van der Waals surface area contributed by atoms with Gasteiger partial charge in [0, 0.05) is 18.7 Å². The SMILES string of the molecule is CCC1(CC)CC(NC2CCCC(C)C2)CCO1. The van der Waals surface area contributed by atoms with Gasteiger partial charge >= 0.3 is 0 Å². The Morgan fingerprint density at radius 2 is 1.89 bits per heavy atom. The van der Waals surface area contributed by atoms with Crippen LogP contribution >= 0.6 is 0 Å². The lowest BCUT2D eigenvalue weighted by atomic mass is 9.83. The monoisotopic (exact) mass is 253 g/mol. The van der Waals surface area contributed by atoms with Gasteiger partial charge in [-0.2, -0.15) is 0 Å². The highest BCUT2D eigenvalue weighted by atomic mass is 16.5. The van der Waals surface area contributed by atoms with Gasteiger partial charge in [-0.05, 0) is 44.4 Å². The molecule has 2 rings (SSSR count). The Hall–Kier alpha value is -0.0800. The fourth-order valence-electron chi connectivity index (χ4n) is 3.83. The van der Waals surface area contributed by atoms with E-state index in [-0.39, 0.29) is 5.60 Å². The number of hydrogen-bond donors (Lipinski definition) is 1. The largest absolute Gasteiger partial charge is 0.375 e. The van der Waals surface area contributed by atoms with Crippen molar-refractivity contribution in [2.24, 2.45) is 5.92 Å². The molecule has 0 aromatic rings. The molecule has 1 N–H and O–H groups in total. The standard InChI is InChI=1S/C16H31NO/c1-4-16(5-2)12-15(9-10-18-16)17-14-8-6-7-13(3)11-14/h13-15,17H,4-12H2,1-3H3. The van der Waals surface area contributed by atoms with Gasteiger partial charge in [0.25, 0.3) is 0 Å². The quantitative estimate of drug-likeness (QED) is 0.820. The third kappa shape index (κ3) is 3.48. The van der Waals surface area contributed by atoms with E-state index in [1.54, 1.807) is 0 Å². The molecular weight excluding hydrogens is 222 g/mol. The van der Waals surface area contributed by atoms with Crippen LogP contribution in [0.4, 0.5) is 0 Å². The van der Waals surface area contributed by atoms with Gasteiger partial charge in [-0.25, -0.2) is 0 Å². The van der Waals surface area contributed by atoms with E-state index in [1.807, 2.05) is 0 Å². The summed E-state index contributed by atoms with van der Waals surface area (Å²) in [4.78, 5) is 0. The highest BCUT2D eigenvalue weighted by Gasteiger charge is 2.35. The van der Waals surface area contributed by atoms with Gasteiger partial charge in [0.15, 0.2) is 0 Å². The fourth-order valence-corrected chi connectivity index (χ4v) is 3.83. The third-order valence-electron chi connectivity index (χ3n) is 5.19. The Morgan fingerprint density at radius 3 is 2.56 bits per heavy atom. The van der Waals surface area contributed by atoms with Crippen molar-refractivity contribution in [2.75, 3.05) is 6.61 Å². The normalized spacial score (nSPS) is 36.5. The van der Waals surface area contributed by atoms with Crippen LogP contribution in [0.2, 0.25) is 0 Å². The third-order valence-corrected chi connectivity index (χ3v) is 5.19. The van der Waals surface area contributed by atoms with Gasteiger partial charge in [0.1, 0.15) is 0 Å². The highest BCUT2D eigenvalue weighted by molar-refractivity contribution is 4.90. The molecule has 3 atom stereocenters. The maximum Gasteiger partial charge on any atom is 0.0692 e. The summed E-state index contributed by atoms with van der Waals surface area (Å²) in [5, 5.41) is 3.93. The van der Waals surface area contributed by atoms with Crippen LogP contribution in [0.15, 0.2) is 0 Å². The van der Waals surface area contributed by atoms with Crippen LogP contribution in [-0.2, 0) is 4.74 Å². The second-order valence-electron chi connectivity index (χ2n) is 6.56. The number of ether oxygens (including phenoxy) is 1. The van der Waals surface area contributed by atoms with Crippen LogP contribution < -0.4 is 5.32 Å². The average molecular weight is 253 g/mol. The summed E-state index contributed by atoms with van der Waals surface area (Å²) in [6.07, 6.45) is 10.3. The average Bonchev–Trinajstić information content (AvgIpc) is 2.39. The fraction of sp³-hybridized carbons (Fsp3) is 1.00. The van der Waals surface area contributed by atoms with Gasteiger partial charge in [0.2, 0.25) is 0 Å². The Bertz CT molecular complexity index is 249. The molecule has 0 amide bonds. The van der Waals surface area contributed by atoms with E-state index in [0.717, 1.165) is 31.4 Å². The second-order valence-corrected chi connectivity index (χ2v) is 6.56. The van der Waals surface area contributed by atoms with Gasteiger partial charge < -0.3 is 10.1 Å². The molecule has 0 radical (unpaired) electrons. The summed E-state index contributed by atoms with van der Waals surface area (Å²) in [7, 11) is 0. The van der Waals surface area contributed by atoms with E-state index in [0.29, 0.717) is 6.04 Å². The van der Waals surface area contributed by atoms with Gasteiger partial charge in [-0.3, -0.25) is 0 Å². The molecule has 0 aromatic carbocycles. The lowest BCUT2D eigenvalue weighted by Crippen LogP contribution is -2.50. The molecule has 0 bridgehead atoms. The molecule has 0 spiro atoms. The number of rotatable bonds is 4. The van der Waals surface area contributed by atoms with E-state index in [1.165, 1.54) is 38.5 Å². The summed E-state index contributed by atoms with van der Waals surface area (Å²) in [6, 6.07) is 1.46. The second kappa shape index (κ2) is 6.38.